The van der Waals surface area contributed by atoms with Gasteiger partial charge in [0.25, 0.3) is 10.0 Å². The molecule has 7 heteroatoms. The molecule has 2 aromatic rings. The Morgan fingerprint density at radius 1 is 1.17 bits per heavy atom. The fourth-order valence-electron chi connectivity index (χ4n) is 3.03. The number of nitrogens with zero attached hydrogens (tertiary/aromatic N) is 1. The lowest BCUT2D eigenvalue weighted by Gasteiger charge is -2.34. The highest BCUT2D eigenvalue weighted by molar-refractivity contribution is 7.91. The zero-order chi connectivity index (χ0) is 16.4. The molecule has 1 aromatic heterocycles. The van der Waals surface area contributed by atoms with Gasteiger partial charge in [-0.15, -0.1) is 11.3 Å². The molecule has 1 atom stereocenters. The predicted octanol–water partition coefficient (Wildman–Crippen LogP) is 2.05. The van der Waals surface area contributed by atoms with Crippen LogP contribution in [0.1, 0.15) is 18.5 Å². The van der Waals surface area contributed by atoms with E-state index in [1.54, 1.807) is 21.8 Å². The first-order valence-electron chi connectivity index (χ1n) is 7.63. The highest BCUT2D eigenvalue weighted by Gasteiger charge is 2.33. The maximum absolute atomic E-state index is 12.6. The van der Waals surface area contributed by atoms with Crippen molar-refractivity contribution in [2.24, 2.45) is 0 Å². The Morgan fingerprint density at radius 2 is 1.87 bits per heavy atom. The molecule has 0 bridgehead atoms. The summed E-state index contributed by atoms with van der Waals surface area (Å²) in [5, 5.41) is 2.58. The zero-order valence-electron chi connectivity index (χ0n) is 12.9. The van der Waals surface area contributed by atoms with Gasteiger partial charge in [0.15, 0.2) is 0 Å². The first-order chi connectivity index (χ1) is 11.0. The lowest BCUT2D eigenvalue weighted by Crippen LogP contribution is -3.14. The van der Waals surface area contributed by atoms with Gasteiger partial charge in [-0.05, 0) is 24.4 Å². The minimum atomic E-state index is -3.33. The van der Waals surface area contributed by atoms with Gasteiger partial charge in [0.05, 0.1) is 26.2 Å². The lowest BCUT2D eigenvalue weighted by atomic mass is 10.1. The van der Waals surface area contributed by atoms with E-state index in [0.717, 1.165) is 23.7 Å². The lowest BCUT2D eigenvalue weighted by molar-refractivity contribution is -0.933. The van der Waals surface area contributed by atoms with Crippen molar-refractivity contribution in [3.05, 3.63) is 52.4 Å². The van der Waals surface area contributed by atoms with E-state index in [4.69, 9.17) is 11.6 Å². The van der Waals surface area contributed by atoms with Crippen LogP contribution in [0.3, 0.4) is 0 Å². The topological polar surface area (TPSA) is 41.8 Å². The Morgan fingerprint density at radius 3 is 2.48 bits per heavy atom. The van der Waals surface area contributed by atoms with Crippen LogP contribution in [0.4, 0.5) is 0 Å². The van der Waals surface area contributed by atoms with Gasteiger partial charge >= 0.3 is 0 Å². The third kappa shape index (κ3) is 3.46. The average molecular weight is 372 g/mol. The molecule has 1 aromatic carbocycles. The van der Waals surface area contributed by atoms with Crippen LogP contribution in [0.5, 0.6) is 0 Å². The van der Waals surface area contributed by atoms with Crippen molar-refractivity contribution in [3.63, 3.8) is 0 Å². The number of quaternary nitrogens is 1. The minimum absolute atomic E-state index is 0.260. The number of hydrogen-bond donors (Lipinski definition) is 1. The molecular formula is C16H20ClN2O2S2+. The normalized spacial score (nSPS) is 18.9. The van der Waals surface area contributed by atoms with Gasteiger partial charge in [-0.3, -0.25) is 0 Å². The van der Waals surface area contributed by atoms with E-state index in [1.807, 2.05) is 18.2 Å². The van der Waals surface area contributed by atoms with Gasteiger partial charge in [-0.25, -0.2) is 8.42 Å². The molecule has 1 aliphatic heterocycles. The van der Waals surface area contributed by atoms with Crippen molar-refractivity contribution in [1.29, 1.82) is 0 Å². The molecule has 23 heavy (non-hydrogen) atoms. The number of piperazine rings is 1. The van der Waals surface area contributed by atoms with Gasteiger partial charge in [0.1, 0.15) is 10.3 Å². The molecule has 0 saturated carbocycles. The summed E-state index contributed by atoms with van der Waals surface area (Å²) in [6, 6.07) is 11.6. The van der Waals surface area contributed by atoms with E-state index in [2.05, 4.69) is 13.0 Å². The van der Waals surface area contributed by atoms with E-state index in [-0.39, 0.29) is 6.04 Å². The zero-order valence-corrected chi connectivity index (χ0v) is 15.3. The standard InChI is InChI=1S/C16H19ClN2O2S2/c1-13(14-5-2-3-6-15(14)17)18-8-10-19(11-9-18)23(20,21)16-7-4-12-22-16/h2-7,12-13H,8-11H2,1H3/p+1/t13-/m0/s1. The molecule has 124 valence electrons. The Hall–Kier alpha value is -0.920. The maximum atomic E-state index is 12.6. The Labute approximate surface area is 146 Å². The number of halogens is 1. The molecule has 0 aliphatic carbocycles. The molecular weight excluding hydrogens is 352 g/mol. The Kier molecular flexibility index (Phi) is 5.08. The number of nitrogens with one attached hydrogen (secondary N) is 1. The van der Waals surface area contributed by atoms with Crippen molar-refractivity contribution >= 4 is 33.0 Å². The van der Waals surface area contributed by atoms with Crippen LogP contribution in [0.2, 0.25) is 5.02 Å². The summed E-state index contributed by atoms with van der Waals surface area (Å²) in [4.78, 5) is 1.37. The smallest absolute Gasteiger partial charge is 0.252 e. The number of rotatable bonds is 4. The second kappa shape index (κ2) is 6.91. The van der Waals surface area contributed by atoms with Crippen LogP contribution in [0.25, 0.3) is 0 Å². The van der Waals surface area contributed by atoms with Crippen molar-refractivity contribution in [2.45, 2.75) is 17.2 Å². The van der Waals surface area contributed by atoms with Crippen molar-refractivity contribution in [3.8, 4) is 0 Å². The number of sulfonamides is 1. The molecule has 4 nitrogen and oxygen atoms in total. The summed E-state index contributed by atoms with van der Waals surface area (Å²) < 4.78 is 27.1. The number of benzene rings is 1. The molecule has 1 aliphatic rings. The Bertz CT molecular complexity index is 754. The highest BCUT2D eigenvalue weighted by Crippen LogP contribution is 2.22. The first-order valence-corrected chi connectivity index (χ1v) is 10.3. The molecule has 0 spiro atoms. The molecule has 2 heterocycles. The van der Waals surface area contributed by atoms with Crippen LogP contribution in [-0.4, -0.2) is 38.9 Å². The fourth-order valence-corrected chi connectivity index (χ4v) is 5.92. The molecule has 1 saturated heterocycles. The van der Waals surface area contributed by atoms with Crippen LogP contribution >= 0.6 is 22.9 Å². The van der Waals surface area contributed by atoms with Crippen molar-refractivity contribution in [1.82, 2.24) is 4.31 Å². The number of hydrogen-bond acceptors (Lipinski definition) is 3. The van der Waals surface area contributed by atoms with Crippen molar-refractivity contribution < 1.29 is 13.3 Å². The van der Waals surface area contributed by atoms with E-state index < -0.39 is 10.0 Å². The summed E-state index contributed by atoms with van der Waals surface area (Å²) >= 11 is 7.56. The van der Waals surface area contributed by atoms with Crippen LogP contribution in [0.15, 0.2) is 46.0 Å². The van der Waals surface area contributed by atoms with E-state index in [9.17, 15) is 8.42 Å². The predicted molar refractivity (Wildman–Crippen MR) is 93.6 cm³/mol. The largest absolute Gasteiger partial charge is 0.327 e. The van der Waals surface area contributed by atoms with Gasteiger partial charge in [0, 0.05) is 10.6 Å². The SMILES string of the molecule is C[C@@H](c1ccccc1Cl)[NH+]1CCN(S(=O)(=O)c2cccs2)CC1. The van der Waals surface area contributed by atoms with E-state index in [1.165, 1.54) is 16.2 Å². The summed E-state index contributed by atoms with van der Waals surface area (Å²) in [7, 11) is -3.33. The van der Waals surface area contributed by atoms with Crippen LogP contribution in [0, 0.1) is 0 Å². The van der Waals surface area contributed by atoms with Gasteiger partial charge in [-0.1, -0.05) is 35.9 Å². The monoisotopic (exact) mass is 371 g/mol. The van der Waals surface area contributed by atoms with Crippen LogP contribution < -0.4 is 4.90 Å². The first kappa shape index (κ1) is 16.9. The summed E-state index contributed by atoms with van der Waals surface area (Å²) in [6.07, 6.45) is 0. The molecule has 1 N–H and O–H groups in total. The molecule has 0 radical (unpaired) electrons. The van der Waals surface area contributed by atoms with Gasteiger partial charge in [-0.2, -0.15) is 4.31 Å². The average Bonchev–Trinajstić information content (AvgIpc) is 3.10. The molecule has 0 unspecified atom stereocenters. The third-order valence-electron chi connectivity index (χ3n) is 4.44. The third-order valence-corrected chi connectivity index (χ3v) is 8.05. The summed E-state index contributed by atoms with van der Waals surface area (Å²) in [6.45, 7) is 4.82. The molecule has 1 fully saturated rings. The Balaban J connectivity index is 1.68. The fraction of sp³-hybridized carbons (Fsp3) is 0.375. The molecule has 0 amide bonds. The highest BCUT2D eigenvalue weighted by atomic mass is 35.5. The molecule has 3 rings (SSSR count). The second-order valence-electron chi connectivity index (χ2n) is 5.74. The van der Waals surface area contributed by atoms with Gasteiger partial charge < -0.3 is 4.90 Å². The number of thiophene rings is 1. The maximum Gasteiger partial charge on any atom is 0.252 e. The van der Waals surface area contributed by atoms with E-state index in [0.29, 0.717) is 17.3 Å². The van der Waals surface area contributed by atoms with E-state index >= 15 is 0 Å². The minimum Gasteiger partial charge on any atom is -0.327 e. The quantitative estimate of drug-likeness (QED) is 0.893. The summed E-state index contributed by atoms with van der Waals surface area (Å²) in [5.74, 6) is 0. The second-order valence-corrected chi connectivity index (χ2v) is 9.26. The van der Waals surface area contributed by atoms with Crippen LogP contribution in [-0.2, 0) is 10.0 Å². The van der Waals surface area contributed by atoms with Gasteiger partial charge in [0.2, 0.25) is 0 Å². The summed E-state index contributed by atoms with van der Waals surface area (Å²) in [5.41, 5.74) is 1.12. The van der Waals surface area contributed by atoms with Crippen molar-refractivity contribution in [2.75, 3.05) is 26.2 Å².